The number of carbonyl (C=O) groups is 2. The first-order valence-corrected chi connectivity index (χ1v) is 18.1. The Balaban J connectivity index is 2.46. The van der Waals surface area contributed by atoms with Gasteiger partial charge in [0.25, 0.3) is 20.2 Å². The summed E-state index contributed by atoms with van der Waals surface area (Å²) in [7, 11) is -8.76. The Hall–Kier alpha value is -3.85. The Labute approximate surface area is 277 Å². The summed E-state index contributed by atoms with van der Waals surface area (Å²) in [5.41, 5.74) is 4.37. The quantitative estimate of drug-likeness (QED) is 0.0434. The van der Waals surface area contributed by atoms with Gasteiger partial charge in [-0.25, -0.2) is 0 Å². The van der Waals surface area contributed by atoms with Gasteiger partial charge in [-0.3, -0.25) is 18.7 Å². The molecule has 0 saturated carbocycles. The average Bonchev–Trinajstić information content (AvgIpc) is 2.96. The Morgan fingerprint density at radius 3 is 1.81 bits per heavy atom. The van der Waals surface area contributed by atoms with Crippen LogP contribution in [-0.2, 0) is 29.8 Å². The van der Waals surface area contributed by atoms with E-state index in [1.165, 1.54) is 24.3 Å². The van der Waals surface area contributed by atoms with Crippen molar-refractivity contribution < 1.29 is 50.3 Å². The summed E-state index contributed by atoms with van der Waals surface area (Å²) in [5, 5.41) is 17.9. The van der Waals surface area contributed by atoms with Gasteiger partial charge >= 0.3 is 11.9 Å². The fraction of sp³-hybridized carbons (Fsp3) is 0.424. The van der Waals surface area contributed by atoms with Gasteiger partial charge < -0.3 is 15.1 Å². The highest BCUT2D eigenvalue weighted by Crippen LogP contribution is 2.28. The Bertz CT molecular complexity index is 1740. The number of aryl methyl sites for hydroxylation is 2. The summed E-state index contributed by atoms with van der Waals surface area (Å²) in [6, 6.07) is 8.71. The second kappa shape index (κ2) is 17.9. The molecule has 0 spiro atoms. The molecule has 0 aliphatic carbocycles. The first-order valence-electron chi connectivity index (χ1n) is 15.2. The molecular formula is C33H45N2O10S2+. The summed E-state index contributed by atoms with van der Waals surface area (Å²) >= 11 is 0. The van der Waals surface area contributed by atoms with Crippen molar-refractivity contribution in [3.05, 3.63) is 71.5 Å². The number of hydrogen-bond acceptors (Lipinski definition) is 7. The highest BCUT2D eigenvalue weighted by atomic mass is 32.2. The van der Waals surface area contributed by atoms with Crippen LogP contribution >= 0.6 is 0 Å². The van der Waals surface area contributed by atoms with E-state index in [4.69, 9.17) is 10.2 Å². The average molecular weight is 694 g/mol. The zero-order valence-corrected chi connectivity index (χ0v) is 28.8. The van der Waals surface area contributed by atoms with Gasteiger partial charge in [0, 0.05) is 61.8 Å². The molecule has 0 atom stereocenters. The third-order valence-electron chi connectivity index (χ3n) is 7.58. The lowest BCUT2D eigenvalue weighted by Crippen LogP contribution is -2.23. The minimum absolute atomic E-state index is 0.0722. The predicted molar refractivity (Wildman–Crippen MR) is 180 cm³/mol. The molecule has 0 bridgehead atoms. The molecule has 2 rings (SSSR count). The number of hydrogen-bond donors (Lipinski definition) is 4. The molecule has 2 aromatic rings. The van der Waals surface area contributed by atoms with Crippen molar-refractivity contribution in [2.24, 2.45) is 0 Å². The molecule has 0 aliphatic rings. The number of nitrogens with zero attached hydrogens (tertiary/aromatic N) is 2. The van der Waals surface area contributed by atoms with E-state index in [1.807, 2.05) is 41.6 Å². The fourth-order valence-electron chi connectivity index (χ4n) is 5.11. The number of benzene rings is 2. The van der Waals surface area contributed by atoms with Crippen LogP contribution in [0.5, 0.6) is 0 Å². The lowest BCUT2D eigenvalue weighted by atomic mass is 10.1. The van der Waals surface area contributed by atoms with Crippen molar-refractivity contribution >= 4 is 49.3 Å². The van der Waals surface area contributed by atoms with Crippen molar-refractivity contribution in [3.8, 4) is 0 Å². The van der Waals surface area contributed by atoms with Crippen molar-refractivity contribution in [3.63, 3.8) is 0 Å². The highest BCUT2D eigenvalue weighted by molar-refractivity contribution is 7.86. The Morgan fingerprint density at radius 1 is 0.766 bits per heavy atom. The second-order valence-electron chi connectivity index (χ2n) is 11.4. The normalized spacial score (nSPS) is 13.1. The van der Waals surface area contributed by atoms with Crippen LogP contribution in [0, 0.1) is 13.8 Å². The SMILES string of the molecule is C\C(=C/C=C/C(C)=[N+](\CCCCCC(=O)O)c1ccc(S(=O)(=O)O)cc1C)N(CCCCCC(=O)O)c1ccc(S(=O)(=O)O)cc1C. The minimum atomic E-state index is -4.38. The number of aliphatic carboxylic acids is 2. The first-order chi connectivity index (χ1) is 21.9. The van der Waals surface area contributed by atoms with Crippen LogP contribution in [0.4, 0.5) is 11.4 Å². The van der Waals surface area contributed by atoms with Gasteiger partial charge in [-0.15, -0.1) is 0 Å². The Morgan fingerprint density at radius 2 is 1.30 bits per heavy atom. The maximum atomic E-state index is 11.7. The maximum absolute atomic E-state index is 11.7. The molecule has 0 aromatic heterocycles. The van der Waals surface area contributed by atoms with E-state index in [-0.39, 0.29) is 22.6 Å². The van der Waals surface area contributed by atoms with Crippen LogP contribution < -0.4 is 4.90 Å². The number of unbranched alkanes of at least 4 members (excludes halogenated alkanes) is 4. The summed E-state index contributed by atoms with van der Waals surface area (Å²) in [6.45, 7) is 8.34. The predicted octanol–water partition coefficient (Wildman–Crippen LogP) is 6.16. The third-order valence-corrected chi connectivity index (χ3v) is 9.28. The van der Waals surface area contributed by atoms with Crippen LogP contribution in [0.25, 0.3) is 0 Å². The molecule has 0 unspecified atom stereocenters. The third kappa shape index (κ3) is 13.1. The van der Waals surface area contributed by atoms with Crippen LogP contribution in [-0.4, -0.2) is 71.5 Å². The highest BCUT2D eigenvalue weighted by Gasteiger charge is 2.20. The molecule has 0 fully saturated rings. The summed E-state index contributed by atoms with van der Waals surface area (Å²) < 4.78 is 67.7. The summed E-state index contributed by atoms with van der Waals surface area (Å²) in [5.74, 6) is -1.71. The first kappa shape index (κ1) is 39.3. The van der Waals surface area contributed by atoms with E-state index in [0.29, 0.717) is 62.7 Å². The van der Waals surface area contributed by atoms with E-state index < -0.39 is 32.2 Å². The van der Waals surface area contributed by atoms with Crippen LogP contribution in [0.3, 0.4) is 0 Å². The molecular weight excluding hydrogens is 649 g/mol. The largest absolute Gasteiger partial charge is 0.481 e. The van der Waals surface area contributed by atoms with Crippen molar-refractivity contribution in [1.29, 1.82) is 0 Å². The molecule has 0 saturated heterocycles. The van der Waals surface area contributed by atoms with Crippen LogP contribution in [0.1, 0.15) is 76.3 Å². The van der Waals surface area contributed by atoms with E-state index >= 15 is 0 Å². The second-order valence-corrected chi connectivity index (χ2v) is 14.2. The number of anilines is 1. The van der Waals surface area contributed by atoms with Gasteiger partial charge in [0.15, 0.2) is 5.71 Å². The smallest absolute Gasteiger partial charge is 0.303 e. The molecule has 2 aromatic carbocycles. The van der Waals surface area contributed by atoms with Crippen molar-refractivity contribution in [1.82, 2.24) is 0 Å². The van der Waals surface area contributed by atoms with Gasteiger partial charge in [0.05, 0.1) is 9.79 Å². The van der Waals surface area contributed by atoms with Gasteiger partial charge in [0.1, 0.15) is 6.54 Å². The summed E-state index contributed by atoms with van der Waals surface area (Å²) in [6.07, 6.45) is 9.54. The maximum Gasteiger partial charge on any atom is 0.303 e. The molecule has 14 heteroatoms. The number of rotatable bonds is 19. The van der Waals surface area contributed by atoms with Crippen LogP contribution in [0.2, 0.25) is 0 Å². The van der Waals surface area contributed by atoms with Gasteiger partial charge in [-0.05, 0) is 88.4 Å². The molecule has 4 N–H and O–H groups in total. The molecule has 0 amide bonds. The molecule has 258 valence electrons. The molecule has 47 heavy (non-hydrogen) atoms. The number of allylic oxidation sites excluding steroid dienone is 4. The number of carboxylic acid groups (broad SMARTS) is 2. The lowest BCUT2D eigenvalue weighted by molar-refractivity contribution is -0.441. The van der Waals surface area contributed by atoms with E-state index in [1.54, 1.807) is 26.0 Å². The van der Waals surface area contributed by atoms with Crippen molar-refractivity contribution in [2.75, 3.05) is 18.0 Å². The molecule has 0 aliphatic heterocycles. The summed E-state index contributed by atoms with van der Waals surface area (Å²) in [4.78, 5) is 23.4. The Kier molecular flexibility index (Phi) is 15.0. The van der Waals surface area contributed by atoms with E-state index in [2.05, 4.69) is 0 Å². The lowest BCUT2D eigenvalue weighted by Gasteiger charge is -2.27. The van der Waals surface area contributed by atoms with E-state index in [0.717, 1.165) is 22.8 Å². The minimum Gasteiger partial charge on any atom is -0.481 e. The zero-order chi connectivity index (χ0) is 35.4. The van der Waals surface area contributed by atoms with Gasteiger partial charge in [-0.2, -0.15) is 21.4 Å². The zero-order valence-electron chi connectivity index (χ0n) is 27.2. The van der Waals surface area contributed by atoms with Crippen molar-refractivity contribution in [2.45, 2.75) is 88.9 Å². The molecule has 0 heterocycles. The van der Waals surface area contributed by atoms with E-state index in [9.17, 15) is 35.5 Å². The molecule has 0 radical (unpaired) electrons. The monoisotopic (exact) mass is 693 g/mol. The fourth-order valence-corrected chi connectivity index (χ4v) is 6.24. The topological polar surface area (TPSA) is 190 Å². The molecule has 12 nitrogen and oxygen atoms in total. The van der Waals surface area contributed by atoms with Gasteiger partial charge in [0.2, 0.25) is 5.69 Å². The van der Waals surface area contributed by atoms with Gasteiger partial charge in [-0.1, -0.05) is 12.5 Å². The standard InChI is InChI=1S/C33H44N2O10S2/c1-24-22-28(46(40,41)42)16-18-30(24)34(20-9-5-7-14-32(36)37)26(3)12-11-13-27(4)35(21-10-6-8-15-33(38)39)31-19-17-29(23-25(31)2)47(43,44)45/h11-13,16-19,22-23H,5-10,14-15,20-21H2,1-4H3,(H3-,36,37,38,39,40,41,42,43,44,45)/p+1. The van der Waals surface area contributed by atoms with Crippen LogP contribution in [0.15, 0.2) is 70.1 Å². The number of carboxylic acids is 2.